The number of hydrogen-bond donors (Lipinski definition) is 3. The van der Waals surface area contributed by atoms with E-state index < -0.39 is 47.6 Å². The highest BCUT2D eigenvalue weighted by Gasteiger charge is 2.36. The minimum Gasteiger partial charge on any atom is -0.465 e. The number of carbonyl (C=O) groups is 2. The van der Waals surface area contributed by atoms with Crippen LogP contribution in [0.5, 0.6) is 0 Å². The summed E-state index contributed by atoms with van der Waals surface area (Å²) in [6, 6.07) is 2.94. The van der Waals surface area contributed by atoms with E-state index in [4.69, 9.17) is 4.74 Å². The van der Waals surface area contributed by atoms with Gasteiger partial charge in [-0.2, -0.15) is 13.2 Å². The van der Waals surface area contributed by atoms with Crippen molar-refractivity contribution in [3.63, 3.8) is 0 Å². The fraction of sp³-hybridized carbons (Fsp3) is 0.476. The number of aromatic nitrogens is 1. The van der Waals surface area contributed by atoms with E-state index in [1.807, 2.05) is 0 Å². The van der Waals surface area contributed by atoms with E-state index in [0.717, 1.165) is 28.4 Å². The molecule has 0 radical (unpaired) electrons. The standard InChI is InChI=1S/C21H25BrF3N3O5S/c1-11(29)16(12-5-7-13(8-6-12)21(23,24)25)14(27-18(30)31)10-28(17-26-9-15(22)34-17)19(32)33-20(2,3)4/h5-9,11,14,16,27,29H,10H2,1-4H3,(H,30,31)/t11-,14+,16-/m0/s1. The highest BCUT2D eigenvalue weighted by atomic mass is 79.9. The molecule has 3 atom stereocenters. The van der Waals surface area contributed by atoms with Crippen LogP contribution in [0.25, 0.3) is 0 Å². The summed E-state index contributed by atoms with van der Waals surface area (Å²) in [7, 11) is 0. The molecule has 8 nitrogen and oxygen atoms in total. The Morgan fingerprint density at radius 2 is 1.82 bits per heavy atom. The number of carboxylic acid groups (broad SMARTS) is 1. The molecule has 0 unspecified atom stereocenters. The minimum atomic E-state index is -4.55. The molecule has 1 aromatic heterocycles. The SMILES string of the molecule is C[C@H](O)[C@@H](c1ccc(C(F)(F)F)cc1)[C@@H](CN(C(=O)OC(C)(C)C)c1ncc(Br)s1)NC(=O)O. The highest BCUT2D eigenvalue weighted by Crippen LogP contribution is 2.33. The Hall–Kier alpha value is -2.38. The Bertz CT molecular complexity index is 993. The van der Waals surface area contributed by atoms with Crippen LogP contribution in [0, 0.1) is 0 Å². The van der Waals surface area contributed by atoms with E-state index in [0.29, 0.717) is 3.79 Å². The van der Waals surface area contributed by atoms with Crippen LogP contribution in [0.2, 0.25) is 0 Å². The quantitative estimate of drug-likeness (QED) is 0.409. The Kier molecular flexibility index (Phi) is 8.94. The third-order valence-corrected chi connectivity index (χ3v) is 6.07. The van der Waals surface area contributed by atoms with E-state index in [2.05, 4.69) is 26.2 Å². The predicted octanol–water partition coefficient (Wildman–Crippen LogP) is 5.47. The lowest BCUT2D eigenvalue weighted by Gasteiger charge is -2.34. The van der Waals surface area contributed by atoms with E-state index >= 15 is 0 Å². The van der Waals surface area contributed by atoms with Crippen LogP contribution in [0.4, 0.5) is 27.9 Å². The summed E-state index contributed by atoms with van der Waals surface area (Å²) in [6.07, 6.45) is -6.52. The van der Waals surface area contributed by atoms with Crippen LogP contribution in [0.15, 0.2) is 34.2 Å². The summed E-state index contributed by atoms with van der Waals surface area (Å²) in [6.45, 7) is 6.06. The van der Waals surface area contributed by atoms with Gasteiger partial charge in [0.15, 0.2) is 5.13 Å². The van der Waals surface area contributed by atoms with Crippen LogP contribution >= 0.6 is 27.3 Å². The van der Waals surface area contributed by atoms with Gasteiger partial charge in [0.25, 0.3) is 0 Å². The van der Waals surface area contributed by atoms with Gasteiger partial charge in [0.1, 0.15) is 5.60 Å². The fourth-order valence-electron chi connectivity index (χ4n) is 3.26. The zero-order valence-electron chi connectivity index (χ0n) is 18.8. The van der Waals surface area contributed by atoms with Crippen LogP contribution in [-0.4, -0.2) is 51.7 Å². The number of aliphatic hydroxyl groups is 1. The Morgan fingerprint density at radius 1 is 1.24 bits per heavy atom. The molecular formula is C21H25BrF3N3O5S. The number of benzene rings is 1. The van der Waals surface area contributed by atoms with Gasteiger partial charge < -0.3 is 20.3 Å². The van der Waals surface area contributed by atoms with Gasteiger partial charge >= 0.3 is 18.4 Å². The van der Waals surface area contributed by atoms with E-state index in [9.17, 15) is 33.0 Å². The number of nitrogens with zero attached hydrogens (tertiary/aromatic N) is 2. The third kappa shape index (κ3) is 7.84. The molecule has 0 aliphatic rings. The van der Waals surface area contributed by atoms with Crippen LogP contribution in [0.3, 0.4) is 0 Å². The largest absolute Gasteiger partial charge is 0.465 e. The number of hydrogen-bond acceptors (Lipinski definition) is 6. The second kappa shape index (κ2) is 10.9. The van der Waals surface area contributed by atoms with Crippen molar-refractivity contribution < 1.29 is 37.7 Å². The molecule has 0 saturated carbocycles. The first-order valence-corrected chi connectivity index (χ1v) is 11.7. The molecule has 0 aliphatic heterocycles. The number of rotatable bonds is 7. The Balaban J connectivity index is 2.48. The number of ether oxygens (including phenoxy) is 1. The van der Waals surface area contributed by atoms with E-state index in [1.54, 1.807) is 20.8 Å². The first kappa shape index (κ1) is 27.9. The molecule has 2 aromatic rings. The van der Waals surface area contributed by atoms with Gasteiger partial charge in [0.05, 0.1) is 34.2 Å². The van der Waals surface area contributed by atoms with Crippen molar-refractivity contribution in [2.75, 3.05) is 11.4 Å². The lowest BCUT2D eigenvalue weighted by atomic mass is 9.86. The van der Waals surface area contributed by atoms with Crippen molar-refractivity contribution in [3.05, 3.63) is 45.4 Å². The number of aliphatic hydroxyl groups excluding tert-OH is 1. The van der Waals surface area contributed by atoms with E-state index in [-0.39, 0.29) is 17.2 Å². The summed E-state index contributed by atoms with van der Waals surface area (Å²) in [5, 5.41) is 22.4. The van der Waals surface area contributed by atoms with Gasteiger partial charge in [-0.05, 0) is 61.3 Å². The van der Waals surface area contributed by atoms with Crippen LogP contribution < -0.4 is 10.2 Å². The molecule has 13 heteroatoms. The van der Waals surface area contributed by atoms with Crippen LogP contribution in [-0.2, 0) is 10.9 Å². The zero-order chi connectivity index (χ0) is 25.8. The molecule has 2 rings (SSSR count). The monoisotopic (exact) mass is 567 g/mol. The third-order valence-electron chi connectivity index (χ3n) is 4.57. The van der Waals surface area contributed by atoms with Gasteiger partial charge in [0.2, 0.25) is 0 Å². The molecule has 1 heterocycles. The normalized spacial score (nSPS) is 14.7. The molecular weight excluding hydrogens is 543 g/mol. The molecule has 34 heavy (non-hydrogen) atoms. The average Bonchev–Trinajstić information content (AvgIpc) is 3.09. The first-order valence-electron chi connectivity index (χ1n) is 10.0. The summed E-state index contributed by atoms with van der Waals surface area (Å²) >= 11 is 4.36. The van der Waals surface area contributed by atoms with Gasteiger partial charge in [-0.25, -0.2) is 14.6 Å². The average molecular weight is 568 g/mol. The lowest BCUT2D eigenvalue weighted by molar-refractivity contribution is -0.137. The second-order valence-corrected chi connectivity index (χ2v) is 10.9. The molecule has 1 aromatic carbocycles. The second-order valence-electron chi connectivity index (χ2n) is 8.48. The summed E-state index contributed by atoms with van der Waals surface area (Å²) < 4.78 is 45.0. The smallest absolute Gasteiger partial charge is 0.416 e. The maximum Gasteiger partial charge on any atom is 0.416 e. The maximum atomic E-state index is 13.0. The highest BCUT2D eigenvalue weighted by molar-refractivity contribution is 9.11. The van der Waals surface area contributed by atoms with Gasteiger partial charge in [-0.3, -0.25) is 4.90 Å². The fourth-order valence-corrected chi connectivity index (χ4v) is 4.45. The lowest BCUT2D eigenvalue weighted by Crippen LogP contribution is -2.51. The molecule has 0 saturated heterocycles. The van der Waals surface area contributed by atoms with Gasteiger partial charge in [0, 0.05) is 5.92 Å². The van der Waals surface area contributed by atoms with Crippen molar-refractivity contribution in [3.8, 4) is 0 Å². The molecule has 0 bridgehead atoms. The van der Waals surface area contributed by atoms with Crippen molar-refractivity contribution in [1.29, 1.82) is 0 Å². The predicted molar refractivity (Wildman–Crippen MR) is 124 cm³/mol. The molecule has 3 N–H and O–H groups in total. The molecule has 0 spiro atoms. The first-order chi connectivity index (χ1) is 15.6. The zero-order valence-corrected chi connectivity index (χ0v) is 21.2. The molecule has 2 amide bonds. The number of amides is 2. The van der Waals surface area contributed by atoms with Crippen molar-refractivity contribution in [2.24, 2.45) is 0 Å². The minimum absolute atomic E-state index is 0.204. The Morgan fingerprint density at radius 3 is 2.24 bits per heavy atom. The van der Waals surface area contributed by atoms with Gasteiger partial charge in [-0.1, -0.05) is 23.5 Å². The van der Waals surface area contributed by atoms with Crippen molar-refractivity contribution in [2.45, 2.75) is 57.5 Å². The maximum absolute atomic E-state index is 13.0. The number of alkyl halides is 3. The van der Waals surface area contributed by atoms with E-state index in [1.165, 1.54) is 25.3 Å². The summed E-state index contributed by atoms with van der Waals surface area (Å²) in [5.41, 5.74) is -1.49. The topological polar surface area (TPSA) is 112 Å². The van der Waals surface area contributed by atoms with Crippen molar-refractivity contribution in [1.82, 2.24) is 10.3 Å². The molecule has 0 fully saturated rings. The number of halogens is 4. The molecule has 0 aliphatic carbocycles. The van der Waals surface area contributed by atoms with Gasteiger partial charge in [-0.15, -0.1) is 0 Å². The number of carbonyl (C=O) groups excluding carboxylic acids is 1. The number of thiazole rings is 1. The number of anilines is 1. The molecule has 188 valence electrons. The van der Waals surface area contributed by atoms with Crippen molar-refractivity contribution >= 4 is 44.6 Å². The Labute approximate surface area is 206 Å². The number of nitrogens with one attached hydrogen (secondary N) is 1. The van der Waals surface area contributed by atoms with Crippen LogP contribution in [0.1, 0.15) is 44.7 Å². The summed E-state index contributed by atoms with van der Waals surface area (Å²) in [5.74, 6) is -0.994. The summed E-state index contributed by atoms with van der Waals surface area (Å²) in [4.78, 5) is 29.8.